The SMILES string of the molecule is Cc1nc(N2CCC[C@H](N3CC[C@@H](c4ccccc4Cl)C3)CC2)nc2cc(S(C)(=O)=O)ccc12. The van der Waals surface area contributed by atoms with E-state index < -0.39 is 9.84 Å². The number of halogens is 1. The average molecular weight is 499 g/mol. The predicted molar refractivity (Wildman–Crippen MR) is 138 cm³/mol. The number of likely N-dealkylation sites (tertiary alicyclic amines) is 1. The summed E-state index contributed by atoms with van der Waals surface area (Å²) in [5.74, 6) is 1.20. The van der Waals surface area contributed by atoms with Crippen LogP contribution in [0.1, 0.15) is 42.9 Å². The second kappa shape index (κ2) is 9.44. The Kier molecular flexibility index (Phi) is 6.53. The zero-order chi connectivity index (χ0) is 23.9. The van der Waals surface area contributed by atoms with Crippen molar-refractivity contribution in [2.75, 3.05) is 37.3 Å². The summed E-state index contributed by atoms with van der Waals surface area (Å²) in [6.45, 7) is 5.95. The average Bonchev–Trinajstić information content (AvgIpc) is 3.15. The van der Waals surface area contributed by atoms with E-state index in [1.165, 1.54) is 11.8 Å². The summed E-state index contributed by atoms with van der Waals surface area (Å²) in [6.07, 6.45) is 5.70. The lowest BCUT2D eigenvalue weighted by Gasteiger charge is -2.27. The fraction of sp³-hybridized carbons (Fsp3) is 0.462. The monoisotopic (exact) mass is 498 g/mol. The highest BCUT2D eigenvalue weighted by Gasteiger charge is 2.31. The Morgan fingerprint density at radius 3 is 2.62 bits per heavy atom. The molecule has 0 N–H and O–H groups in total. The highest BCUT2D eigenvalue weighted by atomic mass is 35.5. The van der Waals surface area contributed by atoms with E-state index in [2.05, 4.69) is 21.9 Å². The molecule has 2 aliphatic rings. The number of rotatable bonds is 4. The molecule has 34 heavy (non-hydrogen) atoms. The lowest BCUT2D eigenvalue weighted by Crippen LogP contribution is -2.34. The summed E-state index contributed by atoms with van der Waals surface area (Å²) in [4.78, 5) is 14.8. The Morgan fingerprint density at radius 2 is 1.82 bits per heavy atom. The molecule has 6 nitrogen and oxygen atoms in total. The minimum atomic E-state index is -3.28. The van der Waals surface area contributed by atoms with Crippen molar-refractivity contribution in [3.05, 3.63) is 58.7 Å². The number of sulfone groups is 1. The Morgan fingerprint density at radius 1 is 1.00 bits per heavy atom. The molecule has 2 fully saturated rings. The van der Waals surface area contributed by atoms with Crippen molar-refractivity contribution in [2.24, 2.45) is 0 Å². The molecule has 3 aromatic rings. The Hall–Kier alpha value is -2.22. The first kappa shape index (κ1) is 23.5. The van der Waals surface area contributed by atoms with Gasteiger partial charge in [0.25, 0.3) is 0 Å². The van der Waals surface area contributed by atoms with Crippen LogP contribution in [0.15, 0.2) is 47.4 Å². The number of aromatic nitrogens is 2. The summed E-state index contributed by atoms with van der Waals surface area (Å²) >= 11 is 6.47. The molecule has 3 heterocycles. The van der Waals surface area contributed by atoms with Gasteiger partial charge < -0.3 is 4.90 Å². The van der Waals surface area contributed by atoms with E-state index in [4.69, 9.17) is 21.6 Å². The fourth-order valence-electron chi connectivity index (χ4n) is 5.45. The normalized spacial score (nSPS) is 22.3. The van der Waals surface area contributed by atoms with Gasteiger partial charge in [-0.25, -0.2) is 18.4 Å². The summed E-state index contributed by atoms with van der Waals surface area (Å²) in [6, 6.07) is 13.9. The van der Waals surface area contributed by atoms with Gasteiger partial charge in [-0.1, -0.05) is 29.8 Å². The van der Waals surface area contributed by atoms with Crippen LogP contribution in [0.3, 0.4) is 0 Å². The van der Waals surface area contributed by atoms with Gasteiger partial charge in [0.2, 0.25) is 5.95 Å². The number of nitrogens with zero attached hydrogens (tertiary/aromatic N) is 4. The molecular weight excluding hydrogens is 468 g/mol. The Balaban J connectivity index is 1.31. The highest BCUT2D eigenvalue weighted by molar-refractivity contribution is 7.90. The predicted octanol–water partition coefficient (Wildman–Crippen LogP) is 4.84. The van der Waals surface area contributed by atoms with Crippen LogP contribution in [-0.2, 0) is 9.84 Å². The van der Waals surface area contributed by atoms with E-state index >= 15 is 0 Å². The molecule has 0 aliphatic carbocycles. The van der Waals surface area contributed by atoms with E-state index in [0.717, 1.165) is 68.0 Å². The zero-order valence-corrected chi connectivity index (χ0v) is 21.3. The van der Waals surface area contributed by atoms with Gasteiger partial charge in [-0.05, 0) is 74.9 Å². The third-order valence-electron chi connectivity index (χ3n) is 7.34. The molecule has 0 radical (unpaired) electrons. The summed E-state index contributed by atoms with van der Waals surface area (Å²) in [7, 11) is -3.28. The number of anilines is 1. The van der Waals surface area contributed by atoms with Gasteiger partial charge in [0.15, 0.2) is 9.84 Å². The summed E-state index contributed by atoms with van der Waals surface area (Å²) in [5.41, 5.74) is 2.84. The van der Waals surface area contributed by atoms with Crippen molar-refractivity contribution in [2.45, 2.75) is 49.5 Å². The van der Waals surface area contributed by atoms with Crippen molar-refractivity contribution >= 4 is 38.3 Å². The maximum Gasteiger partial charge on any atom is 0.226 e. The Bertz CT molecular complexity index is 1310. The van der Waals surface area contributed by atoms with Crippen molar-refractivity contribution in [1.82, 2.24) is 14.9 Å². The largest absolute Gasteiger partial charge is 0.341 e. The molecule has 0 saturated carbocycles. The standard InChI is InChI=1S/C26H31ClN4O2S/c1-18-22-10-9-21(34(2,32)33)16-25(22)29-26(28-18)30-13-5-6-20(12-15-30)31-14-11-19(17-31)23-7-3-4-8-24(23)27/h3-4,7-10,16,19-20H,5-6,11-15,17H2,1-2H3/t19-,20+/m1/s1. The van der Waals surface area contributed by atoms with Gasteiger partial charge in [-0.3, -0.25) is 4.90 Å². The molecule has 2 atom stereocenters. The van der Waals surface area contributed by atoms with Crippen LogP contribution in [0.4, 0.5) is 5.95 Å². The molecule has 180 valence electrons. The molecule has 0 spiro atoms. The third-order valence-corrected chi connectivity index (χ3v) is 8.79. The Labute approximate surface area is 206 Å². The van der Waals surface area contributed by atoms with Crippen molar-refractivity contribution < 1.29 is 8.42 Å². The quantitative estimate of drug-likeness (QED) is 0.512. The number of benzene rings is 2. The lowest BCUT2D eigenvalue weighted by atomic mass is 9.98. The smallest absolute Gasteiger partial charge is 0.226 e. The lowest BCUT2D eigenvalue weighted by molar-refractivity contribution is 0.222. The van der Waals surface area contributed by atoms with E-state index in [0.29, 0.717) is 28.3 Å². The maximum atomic E-state index is 12.0. The van der Waals surface area contributed by atoms with E-state index in [1.807, 2.05) is 25.1 Å². The topological polar surface area (TPSA) is 66.4 Å². The molecule has 8 heteroatoms. The zero-order valence-electron chi connectivity index (χ0n) is 19.7. The molecule has 5 rings (SSSR count). The molecule has 0 amide bonds. The van der Waals surface area contributed by atoms with Gasteiger partial charge in [0.1, 0.15) is 0 Å². The van der Waals surface area contributed by atoms with Crippen LogP contribution in [0.25, 0.3) is 10.9 Å². The van der Waals surface area contributed by atoms with Crippen LogP contribution >= 0.6 is 11.6 Å². The van der Waals surface area contributed by atoms with Crippen molar-refractivity contribution in [3.8, 4) is 0 Å². The van der Waals surface area contributed by atoms with E-state index in [9.17, 15) is 8.42 Å². The minimum Gasteiger partial charge on any atom is -0.341 e. The first-order valence-electron chi connectivity index (χ1n) is 12.0. The van der Waals surface area contributed by atoms with Crippen molar-refractivity contribution in [1.29, 1.82) is 0 Å². The summed E-state index contributed by atoms with van der Waals surface area (Å²) < 4.78 is 24.0. The molecule has 2 saturated heterocycles. The molecule has 0 unspecified atom stereocenters. The van der Waals surface area contributed by atoms with Crippen LogP contribution in [0.2, 0.25) is 5.02 Å². The first-order chi connectivity index (χ1) is 16.3. The van der Waals surface area contributed by atoms with Gasteiger partial charge in [-0.2, -0.15) is 0 Å². The van der Waals surface area contributed by atoms with Crippen LogP contribution in [0, 0.1) is 6.92 Å². The second-order valence-electron chi connectivity index (χ2n) is 9.63. The number of fused-ring (bicyclic) bond motifs is 1. The van der Waals surface area contributed by atoms with Crippen LogP contribution < -0.4 is 4.90 Å². The third kappa shape index (κ3) is 4.79. The fourth-order valence-corrected chi connectivity index (χ4v) is 6.38. The van der Waals surface area contributed by atoms with Crippen LogP contribution in [0.5, 0.6) is 0 Å². The van der Waals surface area contributed by atoms with Crippen LogP contribution in [-0.4, -0.2) is 61.8 Å². The molecular formula is C26H31ClN4O2S. The van der Waals surface area contributed by atoms with E-state index in [-0.39, 0.29) is 0 Å². The molecule has 2 aromatic carbocycles. The summed E-state index contributed by atoms with van der Waals surface area (Å²) in [5, 5.41) is 1.77. The highest BCUT2D eigenvalue weighted by Crippen LogP contribution is 2.34. The minimum absolute atomic E-state index is 0.294. The second-order valence-corrected chi connectivity index (χ2v) is 12.1. The van der Waals surface area contributed by atoms with Gasteiger partial charge in [-0.15, -0.1) is 0 Å². The van der Waals surface area contributed by atoms with Gasteiger partial charge in [0.05, 0.1) is 16.1 Å². The van der Waals surface area contributed by atoms with Crippen molar-refractivity contribution in [3.63, 3.8) is 0 Å². The van der Waals surface area contributed by atoms with Gasteiger partial charge in [0, 0.05) is 42.3 Å². The maximum absolute atomic E-state index is 12.0. The molecule has 2 aliphatic heterocycles. The number of hydrogen-bond donors (Lipinski definition) is 0. The molecule has 1 aromatic heterocycles. The van der Waals surface area contributed by atoms with Gasteiger partial charge >= 0.3 is 0 Å². The first-order valence-corrected chi connectivity index (χ1v) is 14.3. The van der Waals surface area contributed by atoms with E-state index in [1.54, 1.807) is 12.1 Å². The molecule has 0 bridgehead atoms. The number of hydrogen-bond acceptors (Lipinski definition) is 6. The number of aryl methyl sites for hydroxylation is 1.